The fourth-order valence-corrected chi connectivity index (χ4v) is 1.77. The highest BCUT2D eigenvalue weighted by Crippen LogP contribution is 2.21. The maximum Gasteiger partial charge on any atom is 0.302 e. The second kappa shape index (κ2) is 7.14. The summed E-state index contributed by atoms with van der Waals surface area (Å²) >= 11 is 0. The van der Waals surface area contributed by atoms with Crippen LogP contribution in [0.15, 0.2) is 60.7 Å². The predicted octanol–water partition coefficient (Wildman–Crippen LogP) is 4.01. The third-order valence-electron chi connectivity index (χ3n) is 2.69. The summed E-state index contributed by atoms with van der Waals surface area (Å²) in [4.78, 5) is 10.7. The Hall–Kier alpha value is -2.55. The van der Waals surface area contributed by atoms with Crippen LogP contribution in [-0.2, 0) is 9.53 Å². The zero-order valence-corrected chi connectivity index (χ0v) is 11.4. The van der Waals surface area contributed by atoms with Crippen molar-refractivity contribution in [3.8, 4) is 0 Å². The van der Waals surface area contributed by atoms with Gasteiger partial charge in [-0.25, -0.2) is 0 Å². The second-order valence-corrected chi connectivity index (χ2v) is 4.28. The van der Waals surface area contributed by atoms with Crippen molar-refractivity contribution in [2.24, 2.45) is 0 Å². The zero-order valence-electron chi connectivity index (χ0n) is 11.4. The summed E-state index contributed by atoms with van der Waals surface area (Å²) < 4.78 is 4.88. The van der Waals surface area contributed by atoms with Gasteiger partial charge in [0.1, 0.15) is 6.61 Å². The van der Waals surface area contributed by atoms with Gasteiger partial charge in [-0.05, 0) is 29.8 Å². The number of esters is 1. The molecule has 2 rings (SSSR count). The van der Waals surface area contributed by atoms with Crippen LogP contribution in [0.3, 0.4) is 0 Å². The molecule has 0 amide bonds. The first-order valence-corrected chi connectivity index (χ1v) is 6.47. The molecule has 0 saturated heterocycles. The van der Waals surface area contributed by atoms with Crippen LogP contribution in [0.5, 0.6) is 0 Å². The van der Waals surface area contributed by atoms with Crippen LogP contribution in [0, 0.1) is 0 Å². The molecular weight excluding hydrogens is 250 g/mol. The van der Waals surface area contributed by atoms with E-state index in [2.05, 4.69) is 5.32 Å². The van der Waals surface area contributed by atoms with E-state index < -0.39 is 0 Å². The van der Waals surface area contributed by atoms with Gasteiger partial charge in [0.15, 0.2) is 0 Å². The van der Waals surface area contributed by atoms with E-state index in [1.165, 1.54) is 6.92 Å². The number of anilines is 2. The molecule has 0 bridgehead atoms. The van der Waals surface area contributed by atoms with Gasteiger partial charge in [-0.2, -0.15) is 0 Å². The number of carbonyl (C=O) groups is 1. The van der Waals surface area contributed by atoms with Gasteiger partial charge in [0.25, 0.3) is 0 Å². The van der Waals surface area contributed by atoms with E-state index in [9.17, 15) is 4.79 Å². The molecule has 0 radical (unpaired) electrons. The summed E-state index contributed by atoms with van der Waals surface area (Å²) in [5.41, 5.74) is 3.09. The highest BCUT2D eigenvalue weighted by atomic mass is 16.5. The molecule has 3 heteroatoms. The van der Waals surface area contributed by atoms with Crippen molar-refractivity contribution in [2.45, 2.75) is 6.92 Å². The summed E-state index contributed by atoms with van der Waals surface area (Å²) in [6.07, 6.45) is 3.76. The number of hydrogen-bond acceptors (Lipinski definition) is 3. The summed E-state index contributed by atoms with van der Waals surface area (Å²) in [6, 6.07) is 18.0. The van der Waals surface area contributed by atoms with Gasteiger partial charge in [-0.3, -0.25) is 4.79 Å². The number of nitrogens with one attached hydrogen (secondary N) is 1. The van der Waals surface area contributed by atoms with Crippen LogP contribution in [0.4, 0.5) is 11.4 Å². The largest absolute Gasteiger partial charge is 0.462 e. The van der Waals surface area contributed by atoms with E-state index in [1.54, 1.807) is 0 Å². The van der Waals surface area contributed by atoms with Gasteiger partial charge in [-0.15, -0.1) is 0 Å². The van der Waals surface area contributed by atoms with Crippen molar-refractivity contribution in [2.75, 3.05) is 11.9 Å². The molecule has 0 aromatic heterocycles. The summed E-state index contributed by atoms with van der Waals surface area (Å²) in [7, 11) is 0. The van der Waals surface area contributed by atoms with E-state index >= 15 is 0 Å². The Balaban J connectivity index is 2.08. The maximum atomic E-state index is 10.7. The molecule has 0 aliphatic carbocycles. The van der Waals surface area contributed by atoms with Crippen LogP contribution in [0.1, 0.15) is 12.5 Å². The molecule has 0 aliphatic rings. The Bertz CT molecular complexity index is 591. The molecule has 0 spiro atoms. The molecule has 0 heterocycles. The monoisotopic (exact) mass is 267 g/mol. The number of ether oxygens (including phenoxy) is 1. The Morgan fingerprint density at radius 3 is 2.55 bits per heavy atom. The van der Waals surface area contributed by atoms with Crippen LogP contribution < -0.4 is 5.32 Å². The Morgan fingerprint density at radius 2 is 1.80 bits per heavy atom. The third-order valence-corrected chi connectivity index (χ3v) is 2.69. The van der Waals surface area contributed by atoms with Gasteiger partial charge >= 0.3 is 5.97 Å². The van der Waals surface area contributed by atoms with Crippen molar-refractivity contribution < 1.29 is 9.53 Å². The minimum Gasteiger partial charge on any atom is -0.462 e. The number of para-hydroxylation sites is 2. The maximum absolute atomic E-state index is 10.7. The molecule has 0 aliphatic heterocycles. The van der Waals surface area contributed by atoms with E-state index in [1.807, 2.05) is 66.7 Å². The van der Waals surface area contributed by atoms with Crippen molar-refractivity contribution in [3.63, 3.8) is 0 Å². The van der Waals surface area contributed by atoms with Crippen molar-refractivity contribution in [1.82, 2.24) is 0 Å². The smallest absolute Gasteiger partial charge is 0.302 e. The predicted molar refractivity (Wildman–Crippen MR) is 81.8 cm³/mol. The van der Waals surface area contributed by atoms with Gasteiger partial charge < -0.3 is 10.1 Å². The zero-order chi connectivity index (χ0) is 14.2. The molecule has 1 N–H and O–H groups in total. The highest BCUT2D eigenvalue weighted by Gasteiger charge is 1.98. The number of hydrogen-bond donors (Lipinski definition) is 1. The molecule has 0 saturated carbocycles. The molecule has 20 heavy (non-hydrogen) atoms. The summed E-state index contributed by atoms with van der Waals surface area (Å²) in [5, 5.41) is 3.36. The fourth-order valence-electron chi connectivity index (χ4n) is 1.77. The van der Waals surface area contributed by atoms with Gasteiger partial charge in [-0.1, -0.05) is 42.5 Å². The molecule has 3 nitrogen and oxygen atoms in total. The molecular formula is C17H17NO2. The Labute approximate surface area is 118 Å². The Kier molecular flexibility index (Phi) is 4.95. The first kappa shape index (κ1) is 13.9. The highest BCUT2D eigenvalue weighted by molar-refractivity contribution is 5.72. The Morgan fingerprint density at radius 1 is 1.10 bits per heavy atom. The lowest BCUT2D eigenvalue weighted by atomic mass is 10.1. The minimum absolute atomic E-state index is 0.273. The lowest BCUT2D eigenvalue weighted by Crippen LogP contribution is -1.97. The molecule has 2 aromatic carbocycles. The average molecular weight is 267 g/mol. The van der Waals surface area contributed by atoms with Crippen molar-refractivity contribution >= 4 is 23.4 Å². The van der Waals surface area contributed by atoms with Crippen LogP contribution in [0.25, 0.3) is 6.08 Å². The van der Waals surface area contributed by atoms with E-state index in [0.717, 1.165) is 16.9 Å². The molecule has 0 atom stereocenters. The molecule has 2 aromatic rings. The summed E-state index contributed by atoms with van der Waals surface area (Å²) in [6.45, 7) is 1.69. The van der Waals surface area contributed by atoms with Crippen LogP contribution in [0.2, 0.25) is 0 Å². The van der Waals surface area contributed by atoms with Crippen LogP contribution >= 0.6 is 0 Å². The van der Waals surface area contributed by atoms with Gasteiger partial charge in [0.2, 0.25) is 0 Å². The number of rotatable bonds is 5. The SMILES string of the molecule is CC(=O)OCC=Cc1ccccc1Nc1ccccc1. The standard InChI is InChI=1S/C17H17NO2/c1-14(19)20-13-7-9-15-8-5-6-12-17(15)18-16-10-3-2-4-11-16/h2-12,18H,13H2,1H3. The third kappa shape index (κ3) is 4.28. The van der Waals surface area contributed by atoms with Gasteiger partial charge in [0, 0.05) is 18.3 Å². The number of carbonyl (C=O) groups excluding carboxylic acids is 1. The average Bonchev–Trinajstić information content (AvgIpc) is 2.46. The number of benzene rings is 2. The molecule has 0 unspecified atom stereocenters. The fraction of sp³-hybridized carbons (Fsp3) is 0.118. The van der Waals surface area contributed by atoms with E-state index in [4.69, 9.17) is 4.74 Å². The normalized spacial score (nSPS) is 10.4. The van der Waals surface area contributed by atoms with Crippen molar-refractivity contribution in [3.05, 3.63) is 66.2 Å². The first-order valence-electron chi connectivity index (χ1n) is 6.47. The van der Waals surface area contributed by atoms with Crippen LogP contribution in [-0.4, -0.2) is 12.6 Å². The first-order chi connectivity index (χ1) is 9.75. The minimum atomic E-state index is -0.273. The summed E-state index contributed by atoms with van der Waals surface area (Å²) in [5.74, 6) is -0.273. The molecule has 0 fully saturated rings. The van der Waals surface area contributed by atoms with E-state index in [0.29, 0.717) is 0 Å². The lowest BCUT2D eigenvalue weighted by Gasteiger charge is -2.09. The van der Waals surface area contributed by atoms with E-state index in [-0.39, 0.29) is 12.6 Å². The second-order valence-electron chi connectivity index (χ2n) is 4.28. The quantitative estimate of drug-likeness (QED) is 0.832. The lowest BCUT2D eigenvalue weighted by molar-refractivity contribution is -0.139. The topological polar surface area (TPSA) is 38.3 Å². The van der Waals surface area contributed by atoms with Crippen molar-refractivity contribution in [1.29, 1.82) is 0 Å². The van der Waals surface area contributed by atoms with Gasteiger partial charge in [0.05, 0.1) is 0 Å². The molecule has 102 valence electrons.